The van der Waals surface area contributed by atoms with Crippen molar-refractivity contribution in [1.29, 1.82) is 0 Å². The second-order valence-corrected chi connectivity index (χ2v) is 15.3. The van der Waals surface area contributed by atoms with Gasteiger partial charge in [0.25, 0.3) is 0 Å². The molecule has 0 aliphatic carbocycles. The summed E-state index contributed by atoms with van der Waals surface area (Å²) in [4.78, 5) is 22.4. The van der Waals surface area contributed by atoms with Gasteiger partial charge in [0.05, 0.1) is 19.8 Å². The fourth-order valence-corrected chi connectivity index (χ4v) is 6.36. The topological polar surface area (TPSA) is 117 Å². The molecule has 52 heavy (non-hydrogen) atoms. The van der Waals surface area contributed by atoms with Crippen LogP contribution in [0.4, 0.5) is 0 Å². The number of nitrogens with two attached hydrogens (primary N) is 1. The van der Waals surface area contributed by atoms with Crippen molar-refractivity contribution < 1.29 is 32.8 Å². The van der Waals surface area contributed by atoms with Crippen molar-refractivity contribution in [2.75, 3.05) is 33.0 Å². The highest BCUT2D eigenvalue weighted by molar-refractivity contribution is 7.47. The van der Waals surface area contributed by atoms with E-state index in [0.717, 1.165) is 70.6 Å². The van der Waals surface area contributed by atoms with Crippen molar-refractivity contribution in [2.24, 2.45) is 5.73 Å². The first-order chi connectivity index (χ1) is 25.4. The van der Waals surface area contributed by atoms with E-state index in [1.807, 2.05) is 0 Å². The van der Waals surface area contributed by atoms with Crippen LogP contribution in [-0.4, -0.2) is 49.9 Å². The molecule has 0 heterocycles. The molecule has 3 N–H and O–H groups in total. The molecule has 0 bridgehead atoms. The van der Waals surface area contributed by atoms with E-state index in [1.54, 1.807) is 0 Å². The summed E-state index contributed by atoms with van der Waals surface area (Å²) in [7, 11) is -4.28. The molecule has 0 fully saturated rings. The number of unbranched alkanes of at least 4 members (excludes halogenated alkanes) is 19. The van der Waals surface area contributed by atoms with E-state index < -0.39 is 13.9 Å². The van der Waals surface area contributed by atoms with E-state index in [9.17, 15) is 14.3 Å². The summed E-state index contributed by atoms with van der Waals surface area (Å²) in [5.74, 6) is -0.347. The summed E-state index contributed by atoms with van der Waals surface area (Å²) < 4.78 is 33.4. The highest BCUT2D eigenvalue weighted by Gasteiger charge is 2.25. The van der Waals surface area contributed by atoms with E-state index in [0.29, 0.717) is 13.0 Å². The zero-order valence-corrected chi connectivity index (χ0v) is 34.4. The number of carbonyl (C=O) groups is 1. The van der Waals surface area contributed by atoms with Gasteiger partial charge in [0, 0.05) is 19.6 Å². The van der Waals surface area contributed by atoms with Crippen LogP contribution < -0.4 is 5.73 Å². The van der Waals surface area contributed by atoms with E-state index >= 15 is 0 Å². The Morgan fingerprint density at radius 1 is 0.577 bits per heavy atom. The average molecular weight is 754 g/mol. The van der Waals surface area contributed by atoms with Crippen LogP contribution in [0.25, 0.3) is 0 Å². The lowest BCUT2D eigenvalue weighted by atomic mass is 10.1. The Morgan fingerprint density at radius 3 is 1.58 bits per heavy atom. The maximum Gasteiger partial charge on any atom is 0.472 e. The van der Waals surface area contributed by atoms with Gasteiger partial charge in [0.1, 0.15) is 6.10 Å². The summed E-state index contributed by atoms with van der Waals surface area (Å²) in [6, 6.07) is 0. The van der Waals surface area contributed by atoms with Crippen molar-refractivity contribution in [3.05, 3.63) is 48.6 Å². The minimum absolute atomic E-state index is 0.0960. The number of carbonyl (C=O) groups excluding carboxylic acids is 1. The molecule has 0 aromatic rings. The van der Waals surface area contributed by atoms with Crippen LogP contribution >= 0.6 is 7.82 Å². The largest absolute Gasteiger partial charge is 0.472 e. The Hall–Kier alpha value is -1.54. The van der Waals surface area contributed by atoms with Crippen molar-refractivity contribution in [3.63, 3.8) is 0 Å². The summed E-state index contributed by atoms with van der Waals surface area (Å²) in [6.07, 6.45) is 47.0. The van der Waals surface area contributed by atoms with Crippen LogP contribution in [-0.2, 0) is 27.9 Å². The quantitative estimate of drug-likeness (QED) is 0.0275. The Morgan fingerprint density at radius 2 is 1.06 bits per heavy atom. The maximum absolute atomic E-state index is 12.5. The van der Waals surface area contributed by atoms with Gasteiger partial charge in [-0.25, -0.2) is 4.57 Å². The summed E-state index contributed by atoms with van der Waals surface area (Å²) >= 11 is 0. The fourth-order valence-electron chi connectivity index (χ4n) is 5.59. The van der Waals surface area contributed by atoms with Gasteiger partial charge in [-0.1, -0.05) is 152 Å². The number of hydrogen-bond donors (Lipinski definition) is 2. The standard InChI is InChI=1S/C43H80NO7P/c1-3-5-7-9-11-13-15-17-18-19-20-21-22-23-25-27-29-31-33-35-38-48-40-42(41-50-52(46,47)49-39-37-44)51-43(45)36-34-32-30-28-26-24-16-14-12-10-8-6-4-2/h8,10-11,13-14,16-18,42H,3-7,9,12,15,19-41,44H2,1-2H3,(H,46,47)/b10-8-,13-11-,16-14-,18-17-. The van der Waals surface area contributed by atoms with Crippen LogP contribution in [0.5, 0.6) is 0 Å². The molecule has 0 radical (unpaired) electrons. The smallest absolute Gasteiger partial charge is 0.457 e. The molecule has 0 saturated carbocycles. The predicted octanol–water partition coefficient (Wildman–Crippen LogP) is 12.4. The minimum atomic E-state index is -4.28. The summed E-state index contributed by atoms with van der Waals surface area (Å²) in [6.45, 7) is 4.80. The Labute approximate surface area is 320 Å². The molecule has 0 aliphatic heterocycles. The van der Waals surface area contributed by atoms with E-state index in [4.69, 9.17) is 24.3 Å². The van der Waals surface area contributed by atoms with E-state index in [2.05, 4.69) is 62.5 Å². The molecule has 0 rings (SSSR count). The monoisotopic (exact) mass is 754 g/mol. The van der Waals surface area contributed by atoms with Crippen molar-refractivity contribution in [1.82, 2.24) is 0 Å². The normalized spacial score (nSPS) is 14.0. The van der Waals surface area contributed by atoms with Gasteiger partial charge < -0.3 is 20.1 Å². The molecule has 9 heteroatoms. The number of esters is 1. The minimum Gasteiger partial charge on any atom is -0.457 e. The van der Waals surface area contributed by atoms with Crippen LogP contribution in [0.2, 0.25) is 0 Å². The molecule has 0 saturated heterocycles. The highest BCUT2D eigenvalue weighted by atomic mass is 31.2. The molecule has 0 aromatic carbocycles. The van der Waals surface area contributed by atoms with Gasteiger partial charge in [-0.2, -0.15) is 0 Å². The lowest BCUT2D eigenvalue weighted by Gasteiger charge is -2.20. The average Bonchev–Trinajstić information content (AvgIpc) is 3.13. The molecule has 8 nitrogen and oxygen atoms in total. The summed E-state index contributed by atoms with van der Waals surface area (Å²) in [5.41, 5.74) is 5.36. The number of allylic oxidation sites excluding steroid dienone is 8. The molecule has 304 valence electrons. The SMILES string of the molecule is CCC/C=C\C/C=C\CCCCCCCC(=O)OC(COCCCCCCCCCCCC/C=C\C/C=C\CCCCC)COP(=O)(O)OCCN. The number of rotatable bonds is 40. The Kier molecular flexibility index (Phi) is 39.4. The van der Waals surface area contributed by atoms with Crippen molar-refractivity contribution in [2.45, 2.75) is 187 Å². The first kappa shape index (κ1) is 50.5. The first-order valence-electron chi connectivity index (χ1n) is 21.1. The van der Waals surface area contributed by atoms with Crippen LogP contribution in [0.15, 0.2) is 48.6 Å². The highest BCUT2D eigenvalue weighted by Crippen LogP contribution is 2.43. The van der Waals surface area contributed by atoms with Crippen LogP contribution in [0, 0.1) is 0 Å². The zero-order valence-electron chi connectivity index (χ0n) is 33.5. The van der Waals surface area contributed by atoms with E-state index in [1.165, 1.54) is 89.9 Å². The first-order valence-corrected chi connectivity index (χ1v) is 22.6. The summed E-state index contributed by atoms with van der Waals surface area (Å²) in [5, 5.41) is 0. The van der Waals surface area contributed by atoms with Crippen molar-refractivity contribution >= 4 is 13.8 Å². The third kappa shape index (κ3) is 39.7. The Balaban J connectivity index is 4.02. The fraction of sp³-hybridized carbons (Fsp3) is 0.791. The molecule has 0 amide bonds. The lowest BCUT2D eigenvalue weighted by Crippen LogP contribution is -2.28. The van der Waals surface area contributed by atoms with Gasteiger partial charge in [-0.15, -0.1) is 0 Å². The maximum atomic E-state index is 12.5. The number of phosphoric acid groups is 1. The third-order valence-electron chi connectivity index (χ3n) is 8.70. The number of ether oxygens (including phenoxy) is 2. The molecule has 0 aromatic heterocycles. The zero-order chi connectivity index (χ0) is 38.1. The molecule has 2 unspecified atom stereocenters. The van der Waals surface area contributed by atoms with Gasteiger partial charge >= 0.3 is 13.8 Å². The Bertz CT molecular complexity index is 936. The molecule has 2 atom stereocenters. The van der Waals surface area contributed by atoms with Crippen LogP contribution in [0.1, 0.15) is 181 Å². The number of phosphoric ester groups is 1. The van der Waals surface area contributed by atoms with E-state index in [-0.39, 0.29) is 32.3 Å². The molecule has 0 spiro atoms. The van der Waals surface area contributed by atoms with Gasteiger partial charge in [-0.3, -0.25) is 13.8 Å². The molecular weight excluding hydrogens is 673 g/mol. The van der Waals surface area contributed by atoms with Crippen LogP contribution in [0.3, 0.4) is 0 Å². The molecular formula is C43H80NO7P. The lowest BCUT2D eigenvalue weighted by molar-refractivity contribution is -0.154. The van der Waals surface area contributed by atoms with Gasteiger partial charge in [-0.05, 0) is 70.6 Å². The third-order valence-corrected chi connectivity index (χ3v) is 9.68. The predicted molar refractivity (Wildman–Crippen MR) is 219 cm³/mol. The number of hydrogen-bond acceptors (Lipinski definition) is 7. The second-order valence-electron chi connectivity index (χ2n) is 13.8. The van der Waals surface area contributed by atoms with Gasteiger partial charge in [0.2, 0.25) is 0 Å². The second kappa shape index (κ2) is 40.6. The van der Waals surface area contributed by atoms with Gasteiger partial charge in [0.15, 0.2) is 0 Å². The molecule has 0 aliphatic rings. The van der Waals surface area contributed by atoms with Crippen molar-refractivity contribution in [3.8, 4) is 0 Å².